The second-order valence-corrected chi connectivity index (χ2v) is 5.88. The molecule has 0 saturated heterocycles. The lowest BCUT2D eigenvalue weighted by Crippen LogP contribution is -2.48. The molecule has 0 radical (unpaired) electrons. The number of benzene rings is 1. The molecular formula is C16H22N2O3. The van der Waals surface area contributed by atoms with E-state index in [1.807, 2.05) is 30.3 Å². The second kappa shape index (κ2) is 6.26. The first kappa shape index (κ1) is 15.5. The summed E-state index contributed by atoms with van der Waals surface area (Å²) in [4.78, 5) is 23.4. The number of rotatable bonds is 5. The molecule has 5 heteroatoms. The fourth-order valence-corrected chi connectivity index (χ4v) is 2.39. The molecule has 1 saturated carbocycles. The van der Waals surface area contributed by atoms with Gasteiger partial charge in [0, 0.05) is 6.04 Å². The average Bonchev–Trinajstić information content (AvgIpc) is 3.29. The Hall–Kier alpha value is -1.88. The summed E-state index contributed by atoms with van der Waals surface area (Å²) in [5.41, 5.74) is -0.327. The quantitative estimate of drug-likeness (QED) is 0.706. The average molecular weight is 290 g/mol. The third-order valence-corrected chi connectivity index (χ3v) is 3.67. The summed E-state index contributed by atoms with van der Waals surface area (Å²) in [6, 6.07) is 9.19. The minimum absolute atomic E-state index is 0.0476. The highest BCUT2D eigenvalue weighted by atomic mass is 16.3. The van der Waals surface area contributed by atoms with E-state index in [0.717, 1.165) is 18.4 Å². The number of carbonyl (C=O) groups is 2. The summed E-state index contributed by atoms with van der Waals surface area (Å²) >= 11 is 0. The van der Waals surface area contributed by atoms with Crippen LogP contribution in [0, 0.1) is 5.92 Å². The van der Waals surface area contributed by atoms with Crippen LogP contribution in [-0.4, -0.2) is 29.5 Å². The van der Waals surface area contributed by atoms with E-state index in [1.165, 1.54) is 0 Å². The van der Waals surface area contributed by atoms with Crippen LogP contribution < -0.4 is 10.6 Å². The van der Waals surface area contributed by atoms with Crippen molar-refractivity contribution in [2.24, 2.45) is 5.92 Å². The fraction of sp³-hybridized carbons (Fsp3) is 0.500. The number of amides is 2. The number of nitrogens with one attached hydrogen (secondary N) is 2. The standard InChI is InChI=1S/C16H22N2O3/c1-11(2)18-15(20)14(19)17-10-16(21,13-8-9-13)12-6-4-3-5-7-12/h3-7,11,13,21H,8-10H2,1-2H3,(H,17,19)(H,18,20)/t16-/m0/s1. The van der Waals surface area contributed by atoms with Gasteiger partial charge in [-0.05, 0) is 38.2 Å². The molecule has 2 rings (SSSR count). The molecule has 0 aromatic heterocycles. The summed E-state index contributed by atoms with van der Waals surface area (Å²) in [6.07, 6.45) is 1.86. The predicted octanol–water partition coefficient (Wildman–Crippen LogP) is 0.925. The van der Waals surface area contributed by atoms with Crippen LogP contribution in [0.2, 0.25) is 0 Å². The van der Waals surface area contributed by atoms with Gasteiger partial charge in [0.15, 0.2) is 0 Å². The molecule has 0 bridgehead atoms. The Morgan fingerprint density at radius 2 is 1.86 bits per heavy atom. The smallest absolute Gasteiger partial charge is 0.309 e. The Morgan fingerprint density at radius 1 is 1.24 bits per heavy atom. The van der Waals surface area contributed by atoms with Gasteiger partial charge in [-0.25, -0.2) is 0 Å². The first-order chi connectivity index (χ1) is 9.93. The number of hydrogen-bond acceptors (Lipinski definition) is 3. The number of carbonyl (C=O) groups excluding carboxylic acids is 2. The molecule has 3 N–H and O–H groups in total. The zero-order valence-corrected chi connectivity index (χ0v) is 12.4. The van der Waals surface area contributed by atoms with Crippen LogP contribution in [0.1, 0.15) is 32.3 Å². The lowest BCUT2D eigenvalue weighted by atomic mass is 9.88. The molecule has 21 heavy (non-hydrogen) atoms. The second-order valence-electron chi connectivity index (χ2n) is 5.88. The third-order valence-electron chi connectivity index (χ3n) is 3.67. The van der Waals surface area contributed by atoms with Gasteiger partial charge in [-0.3, -0.25) is 9.59 Å². The molecule has 2 amide bonds. The van der Waals surface area contributed by atoms with Crippen LogP contribution in [0.3, 0.4) is 0 Å². The van der Waals surface area contributed by atoms with Crippen LogP contribution in [0.15, 0.2) is 30.3 Å². The van der Waals surface area contributed by atoms with Gasteiger partial charge in [-0.15, -0.1) is 0 Å². The molecule has 1 aliphatic rings. The molecule has 1 aliphatic carbocycles. The van der Waals surface area contributed by atoms with Crippen LogP contribution in [-0.2, 0) is 15.2 Å². The first-order valence-electron chi connectivity index (χ1n) is 7.30. The minimum Gasteiger partial charge on any atom is -0.383 e. The van der Waals surface area contributed by atoms with Crippen molar-refractivity contribution in [2.45, 2.75) is 38.3 Å². The molecule has 0 unspecified atom stereocenters. The van der Waals surface area contributed by atoms with E-state index in [4.69, 9.17) is 0 Å². The summed E-state index contributed by atoms with van der Waals surface area (Å²) in [7, 11) is 0. The zero-order chi connectivity index (χ0) is 15.5. The Balaban J connectivity index is 2.01. The van der Waals surface area contributed by atoms with Gasteiger partial charge in [-0.2, -0.15) is 0 Å². The Bertz CT molecular complexity index is 512. The maximum atomic E-state index is 11.8. The molecule has 1 aromatic carbocycles. The van der Waals surface area contributed by atoms with Gasteiger partial charge in [0.25, 0.3) is 0 Å². The van der Waals surface area contributed by atoms with Gasteiger partial charge in [0.1, 0.15) is 5.60 Å². The highest BCUT2D eigenvalue weighted by molar-refractivity contribution is 6.35. The van der Waals surface area contributed by atoms with Crippen molar-refractivity contribution in [3.05, 3.63) is 35.9 Å². The first-order valence-corrected chi connectivity index (χ1v) is 7.30. The van der Waals surface area contributed by atoms with Gasteiger partial charge < -0.3 is 15.7 Å². The van der Waals surface area contributed by atoms with Crippen LogP contribution in [0.25, 0.3) is 0 Å². The van der Waals surface area contributed by atoms with Crippen molar-refractivity contribution < 1.29 is 14.7 Å². The van der Waals surface area contributed by atoms with E-state index >= 15 is 0 Å². The maximum absolute atomic E-state index is 11.8. The topological polar surface area (TPSA) is 78.4 Å². The summed E-state index contributed by atoms with van der Waals surface area (Å²) in [5.74, 6) is -1.25. The normalized spacial score (nSPS) is 17.1. The van der Waals surface area contributed by atoms with Crippen molar-refractivity contribution in [1.29, 1.82) is 0 Å². The van der Waals surface area contributed by atoms with Crippen LogP contribution in [0.5, 0.6) is 0 Å². The summed E-state index contributed by atoms with van der Waals surface area (Å²) in [5, 5.41) is 16.0. The SMILES string of the molecule is CC(C)NC(=O)C(=O)NC[C@](O)(c1ccccc1)C1CC1. The predicted molar refractivity (Wildman–Crippen MR) is 79.4 cm³/mol. The number of aliphatic hydroxyl groups is 1. The Kier molecular flexibility index (Phi) is 4.63. The van der Waals surface area contributed by atoms with E-state index < -0.39 is 17.4 Å². The molecular weight excluding hydrogens is 268 g/mol. The van der Waals surface area contributed by atoms with Gasteiger partial charge >= 0.3 is 11.8 Å². The van der Waals surface area contributed by atoms with E-state index in [-0.39, 0.29) is 18.5 Å². The largest absolute Gasteiger partial charge is 0.383 e. The maximum Gasteiger partial charge on any atom is 0.309 e. The molecule has 1 fully saturated rings. The lowest BCUT2D eigenvalue weighted by Gasteiger charge is -2.29. The highest BCUT2D eigenvalue weighted by Gasteiger charge is 2.45. The van der Waals surface area contributed by atoms with Crippen LogP contribution >= 0.6 is 0 Å². The van der Waals surface area contributed by atoms with Gasteiger partial charge in [0.05, 0.1) is 6.54 Å². The highest BCUT2D eigenvalue weighted by Crippen LogP contribution is 2.45. The Labute approximate surface area is 124 Å². The molecule has 0 aliphatic heterocycles. The molecule has 0 spiro atoms. The van der Waals surface area contributed by atoms with Crippen LogP contribution in [0.4, 0.5) is 0 Å². The summed E-state index contributed by atoms with van der Waals surface area (Å²) in [6.45, 7) is 3.62. The van der Waals surface area contributed by atoms with E-state index in [0.29, 0.717) is 0 Å². The van der Waals surface area contributed by atoms with Gasteiger partial charge in [-0.1, -0.05) is 30.3 Å². The van der Waals surface area contributed by atoms with Crippen molar-refractivity contribution in [2.75, 3.05) is 6.54 Å². The van der Waals surface area contributed by atoms with E-state index in [1.54, 1.807) is 13.8 Å². The molecule has 5 nitrogen and oxygen atoms in total. The van der Waals surface area contributed by atoms with Crippen molar-refractivity contribution in [1.82, 2.24) is 10.6 Å². The van der Waals surface area contributed by atoms with E-state index in [9.17, 15) is 14.7 Å². The molecule has 1 aromatic rings. The number of hydrogen-bond donors (Lipinski definition) is 3. The molecule has 114 valence electrons. The van der Waals surface area contributed by atoms with E-state index in [2.05, 4.69) is 10.6 Å². The molecule has 1 atom stereocenters. The zero-order valence-electron chi connectivity index (χ0n) is 12.4. The summed E-state index contributed by atoms with van der Waals surface area (Å²) < 4.78 is 0. The fourth-order valence-electron chi connectivity index (χ4n) is 2.39. The third kappa shape index (κ3) is 3.82. The monoisotopic (exact) mass is 290 g/mol. The Morgan fingerprint density at radius 3 is 2.38 bits per heavy atom. The van der Waals surface area contributed by atoms with Crippen molar-refractivity contribution in [3.63, 3.8) is 0 Å². The lowest BCUT2D eigenvalue weighted by molar-refractivity contribution is -0.140. The van der Waals surface area contributed by atoms with Crippen molar-refractivity contribution in [3.8, 4) is 0 Å². The molecule has 0 heterocycles. The van der Waals surface area contributed by atoms with Crippen molar-refractivity contribution >= 4 is 11.8 Å². The van der Waals surface area contributed by atoms with Gasteiger partial charge in [0.2, 0.25) is 0 Å². The minimum atomic E-state index is -1.10.